The summed E-state index contributed by atoms with van der Waals surface area (Å²) >= 11 is 0. The molecule has 108 valence electrons. The van der Waals surface area contributed by atoms with Crippen molar-refractivity contribution < 1.29 is 9.53 Å². The van der Waals surface area contributed by atoms with Gasteiger partial charge in [-0.2, -0.15) is 0 Å². The molecule has 0 aromatic heterocycles. The summed E-state index contributed by atoms with van der Waals surface area (Å²) in [5.74, 6) is 0.267. The molecule has 3 aromatic carbocycles. The summed E-state index contributed by atoms with van der Waals surface area (Å²) < 4.78 is 5.35. The second-order valence-corrected chi connectivity index (χ2v) is 5.04. The monoisotopic (exact) mass is 288 g/mol. The fourth-order valence-electron chi connectivity index (χ4n) is 2.43. The van der Waals surface area contributed by atoms with Crippen LogP contribution in [0.5, 0.6) is 5.75 Å². The topological polar surface area (TPSA) is 26.3 Å². The summed E-state index contributed by atoms with van der Waals surface area (Å²) in [4.78, 5) is 11.3. The van der Waals surface area contributed by atoms with Crippen LogP contribution in [0, 0.1) is 0 Å². The van der Waals surface area contributed by atoms with Crippen molar-refractivity contribution in [2.45, 2.75) is 6.92 Å². The van der Waals surface area contributed by atoms with Gasteiger partial charge in [0, 0.05) is 12.5 Å². The maximum absolute atomic E-state index is 11.3. The molecule has 0 aliphatic rings. The van der Waals surface area contributed by atoms with Crippen molar-refractivity contribution >= 4 is 5.97 Å². The first-order chi connectivity index (χ1) is 10.7. The Morgan fingerprint density at radius 3 is 1.91 bits per heavy atom. The Morgan fingerprint density at radius 1 is 0.727 bits per heavy atom. The number of carbonyl (C=O) groups excluding carboxylic acids is 1. The number of benzene rings is 3. The number of hydrogen-bond donors (Lipinski definition) is 0. The number of rotatable bonds is 3. The van der Waals surface area contributed by atoms with Crippen LogP contribution in [-0.4, -0.2) is 5.97 Å². The van der Waals surface area contributed by atoms with Crippen molar-refractivity contribution in [2.24, 2.45) is 0 Å². The fraction of sp³-hybridized carbons (Fsp3) is 0.0500. The van der Waals surface area contributed by atoms with Gasteiger partial charge in [-0.25, -0.2) is 0 Å². The van der Waals surface area contributed by atoms with E-state index < -0.39 is 0 Å². The van der Waals surface area contributed by atoms with Crippen molar-refractivity contribution in [3.8, 4) is 28.0 Å². The SMILES string of the molecule is CC(=O)Oc1ccc(-c2ccccc2)cc1-c1ccccc1. The van der Waals surface area contributed by atoms with E-state index in [4.69, 9.17) is 4.74 Å². The van der Waals surface area contributed by atoms with Crippen LogP contribution in [0.4, 0.5) is 0 Å². The van der Waals surface area contributed by atoms with Gasteiger partial charge in [-0.05, 0) is 28.8 Å². The normalized spacial score (nSPS) is 10.2. The van der Waals surface area contributed by atoms with Crippen LogP contribution < -0.4 is 4.74 Å². The molecular formula is C20H16O2. The molecule has 0 saturated carbocycles. The molecule has 2 heteroatoms. The van der Waals surface area contributed by atoms with Gasteiger partial charge in [0.15, 0.2) is 0 Å². The first-order valence-corrected chi connectivity index (χ1v) is 7.17. The number of hydrogen-bond acceptors (Lipinski definition) is 2. The molecule has 0 amide bonds. The maximum Gasteiger partial charge on any atom is 0.308 e. The predicted molar refractivity (Wildman–Crippen MR) is 88.6 cm³/mol. The fourth-order valence-corrected chi connectivity index (χ4v) is 2.43. The lowest BCUT2D eigenvalue weighted by atomic mass is 9.98. The van der Waals surface area contributed by atoms with Crippen molar-refractivity contribution in [1.82, 2.24) is 0 Å². The van der Waals surface area contributed by atoms with Gasteiger partial charge < -0.3 is 4.74 Å². The zero-order chi connectivity index (χ0) is 15.4. The molecule has 3 rings (SSSR count). The summed E-state index contributed by atoms with van der Waals surface area (Å²) in [5, 5.41) is 0. The van der Waals surface area contributed by atoms with Crippen molar-refractivity contribution in [3.05, 3.63) is 78.9 Å². The largest absolute Gasteiger partial charge is 0.426 e. The number of ether oxygens (including phenoxy) is 1. The smallest absolute Gasteiger partial charge is 0.308 e. The van der Waals surface area contributed by atoms with Crippen LogP contribution in [0.25, 0.3) is 22.3 Å². The van der Waals surface area contributed by atoms with Gasteiger partial charge in [0.1, 0.15) is 5.75 Å². The molecule has 0 bridgehead atoms. The van der Waals surface area contributed by atoms with E-state index in [9.17, 15) is 4.79 Å². The first-order valence-electron chi connectivity index (χ1n) is 7.17. The molecule has 0 saturated heterocycles. The maximum atomic E-state index is 11.3. The zero-order valence-corrected chi connectivity index (χ0v) is 12.3. The van der Waals surface area contributed by atoms with E-state index in [1.807, 2.05) is 60.7 Å². The van der Waals surface area contributed by atoms with E-state index in [1.54, 1.807) is 0 Å². The molecule has 0 atom stereocenters. The Kier molecular flexibility index (Phi) is 4.01. The average Bonchev–Trinajstić information content (AvgIpc) is 2.56. The van der Waals surface area contributed by atoms with Crippen LogP contribution in [0.15, 0.2) is 78.9 Å². The lowest BCUT2D eigenvalue weighted by molar-refractivity contribution is -0.131. The Bertz CT molecular complexity index is 777. The van der Waals surface area contributed by atoms with Crippen LogP contribution in [-0.2, 0) is 4.79 Å². The van der Waals surface area contributed by atoms with E-state index >= 15 is 0 Å². The average molecular weight is 288 g/mol. The highest BCUT2D eigenvalue weighted by Gasteiger charge is 2.10. The second-order valence-electron chi connectivity index (χ2n) is 5.04. The molecule has 2 nitrogen and oxygen atoms in total. The van der Waals surface area contributed by atoms with Crippen molar-refractivity contribution in [3.63, 3.8) is 0 Å². The summed E-state index contributed by atoms with van der Waals surface area (Å²) in [6, 6.07) is 26.0. The van der Waals surface area contributed by atoms with Crippen LogP contribution >= 0.6 is 0 Å². The van der Waals surface area contributed by atoms with Crippen molar-refractivity contribution in [1.29, 1.82) is 0 Å². The van der Waals surface area contributed by atoms with Gasteiger partial charge in [0.2, 0.25) is 0 Å². The molecule has 0 unspecified atom stereocenters. The van der Waals surface area contributed by atoms with E-state index in [-0.39, 0.29) is 5.97 Å². The summed E-state index contributed by atoms with van der Waals surface area (Å²) in [5.41, 5.74) is 4.16. The minimum absolute atomic E-state index is 0.315. The predicted octanol–water partition coefficient (Wildman–Crippen LogP) is 4.95. The summed E-state index contributed by atoms with van der Waals surface area (Å²) in [6.45, 7) is 1.42. The highest BCUT2D eigenvalue weighted by atomic mass is 16.5. The Labute approximate surface area is 130 Å². The molecule has 0 fully saturated rings. The van der Waals surface area contributed by atoms with E-state index in [1.165, 1.54) is 6.92 Å². The molecule has 0 heterocycles. The van der Waals surface area contributed by atoms with Gasteiger partial charge in [-0.3, -0.25) is 4.79 Å². The summed E-state index contributed by atoms with van der Waals surface area (Å²) in [7, 11) is 0. The van der Waals surface area contributed by atoms with Crippen LogP contribution in [0.1, 0.15) is 6.92 Å². The summed E-state index contributed by atoms with van der Waals surface area (Å²) in [6.07, 6.45) is 0. The van der Waals surface area contributed by atoms with Gasteiger partial charge in [-0.1, -0.05) is 66.7 Å². The van der Waals surface area contributed by atoms with E-state index in [2.05, 4.69) is 18.2 Å². The quantitative estimate of drug-likeness (QED) is 0.503. The standard InChI is InChI=1S/C20H16O2/c1-15(21)22-20-13-12-18(16-8-4-2-5-9-16)14-19(20)17-10-6-3-7-11-17/h2-14H,1H3. The van der Waals surface area contributed by atoms with Crippen LogP contribution in [0.2, 0.25) is 0 Å². The van der Waals surface area contributed by atoms with Gasteiger partial charge >= 0.3 is 5.97 Å². The minimum Gasteiger partial charge on any atom is -0.426 e. The third kappa shape index (κ3) is 3.07. The third-order valence-corrected chi connectivity index (χ3v) is 3.43. The minimum atomic E-state index is -0.315. The van der Waals surface area contributed by atoms with E-state index in [0.717, 1.165) is 22.3 Å². The number of esters is 1. The molecule has 3 aromatic rings. The first kappa shape index (κ1) is 14.1. The Morgan fingerprint density at radius 2 is 1.32 bits per heavy atom. The number of carbonyl (C=O) groups is 1. The zero-order valence-electron chi connectivity index (χ0n) is 12.3. The molecule has 0 spiro atoms. The Hall–Kier alpha value is -2.87. The molecular weight excluding hydrogens is 272 g/mol. The van der Waals surface area contributed by atoms with Gasteiger partial charge in [0.25, 0.3) is 0 Å². The molecule has 0 radical (unpaired) electrons. The Balaban J connectivity index is 2.12. The van der Waals surface area contributed by atoms with Crippen molar-refractivity contribution in [2.75, 3.05) is 0 Å². The molecule has 0 aliphatic heterocycles. The molecule has 22 heavy (non-hydrogen) atoms. The lowest BCUT2D eigenvalue weighted by Gasteiger charge is -2.12. The lowest BCUT2D eigenvalue weighted by Crippen LogP contribution is -2.02. The van der Waals surface area contributed by atoms with Crippen LogP contribution in [0.3, 0.4) is 0 Å². The van der Waals surface area contributed by atoms with E-state index in [0.29, 0.717) is 5.75 Å². The highest BCUT2D eigenvalue weighted by Crippen LogP contribution is 2.34. The van der Waals surface area contributed by atoms with Gasteiger partial charge in [-0.15, -0.1) is 0 Å². The third-order valence-electron chi connectivity index (χ3n) is 3.43. The highest BCUT2D eigenvalue weighted by molar-refractivity contribution is 5.80. The molecule has 0 aliphatic carbocycles. The van der Waals surface area contributed by atoms with Gasteiger partial charge in [0.05, 0.1) is 0 Å². The second kappa shape index (κ2) is 6.27. The molecule has 0 N–H and O–H groups in total.